The maximum absolute atomic E-state index is 12.5. The van der Waals surface area contributed by atoms with E-state index >= 15 is 0 Å². The highest BCUT2D eigenvalue weighted by Gasteiger charge is 2.24. The molecule has 0 fully saturated rings. The Morgan fingerprint density at radius 2 is 1.96 bits per heavy atom. The third-order valence-corrected chi connectivity index (χ3v) is 5.60. The maximum Gasteiger partial charge on any atom is 0.340 e. The van der Waals surface area contributed by atoms with Crippen LogP contribution in [0, 0.1) is 12.3 Å². The zero-order chi connectivity index (χ0) is 19.0. The average molecular weight is 387 g/mol. The molecule has 1 aromatic carbocycles. The number of ether oxygens (including phenoxy) is 1. The van der Waals surface area contributed by atoms with E-state index in [0.29, 0.717) is 0 Å². The van der Waals surface area contributed by atoms with E-state index < -0.39 is 28.5 Å². The van der Waals surface area contributed by atoms with Crippen molar-refractivity contribution in [1.82, 2.24) is 9.62 Å². The van der Waals surface area contributed by atoms with Crippen LogP contribution in [0.3, 0.4) is 0 Å². The number of rotatable bonds is 8. The molecule has 0 saturated heterocycles. The van der Waals surface area contributed by atoms with E-state index in [9.17, 15) is 18.0 Å². The Labute approximate surface area is 152 Å². The molecule has 0 bridgehead atoms. The fourth-order valence-corrected chi connectivity index (χ4v) is 3.62. The highest BCUT2D eigenvalue weighted by Crippen LogP contribution is 2.23. The van der Waals surface area contributed by atoms with Crippen LogP contribution in [0.1, 0.15) is 24.2 Å². The molecule has 7 nitrogen and oxygen atoms in total. The number of hydrogen-bond donors (Lipinski definition) is 1. The summed E-state index contributed by atoms with van der Waals surface area (Å²) in [5, 5.41) is 2.35. The normalized spacial score (nSPS) is 11.0. The maximum atomic E-state index is 12.5. The molecule has 1 N–H and O–H groups in total. The van der Waals surface area contributed by atoms with Crippen molar-refractivity contribution < 1.29 is 22.7 Å². The molecule has 1 rings (SSSR count). The predicted molar refractivity (Wildman–Crippen MR) is 93.7 cm³/mol. The molecule has 9 heteroatoms. The van der Waals surface area contributed by atoms with Crippen LogP contribution in [-0.4, -0.2) is 50.8 Å². The molecular weight excluding hydrogens is 368 g/mol. The van der Waals surface area contributed by atoms with Gasteiger partial charge in [0.2, 0.25) is 10.0 Å². The number of nitrogens with zero attached hydrogens (tertiary/aromatic N) is 1. The van der Waals surface area contributed by atoms with Crippen molar-refractivity contribution in [1.29, 1.82) is 0 Å². The summed E-state index contributed by atoms with van der Waals surface area (Å²) in [7, 11) is -3.75. The Morgan fingerprint density at radius 3 is 2.52 bits per heavy atom. The standard InChI is InChI=1S/C16H19ClN2O5S/c1-4-9-18-15(20)11-24-16(21)13-10-12(7-8-14(13)17)25(22,23)19(5-2)6-3/h1,7-8,10H,5-6,9,11H2,2-3H3,(H,18,20). The summed E-state index contributed by atoms with van der Waals surface area (Å²) in [4.78, 5) is 23.4. The van der Waals surface area contributed by atoms with Crippen LogP contribution in [0.25, 0.3) is 0 Å². The third-order valence-electron chi connectivity index (χ3n) is 3.22. The zero-order valence-corrected chi connectivity index (χ0v) is 15.5. The van der Waals surface area contributed by atoms with Crippen LogP contribution in [0.4, 0.5) is 0 Å². The zero-order valence-electron chi connectivity index (χ0n) is 13.9. The van der Waals surface area contributed by atoms with Gasteiger partial charge in [-0.05, 0) is 18.2 Å². The van der Waals surface area contributed by atoms with Crippen LogP contribution in [0.2, 0.25) is 5.02 Å². The number of esters is 1. The van der Waals surface area contributed by atoms with Crippen molar-refractivity contribution in [3.8, 4) is 12.3 Å². The fourth-order valence-electron chi connectivity index (χ4n) is 1.94. The van der Waals surface area contributed by atoms with E-state index in [-0.39, 0.29) is 35.1 Å². The Bertz CT molecular complexity index is 782. The predicted octanol–water partition coefficient (Wildman–Crippen LogP) is 1.28. The van der Waals surface area contributed by atoms with Crippen LogP contribution < -0.4 is 5.32 Å². The second-order valence-corrected chi connectivity index (χ2v) is 7.13. The molecule has 0 aliphatic carbocycles. The van der Waals surface area contributed by atoms with Gasteiger partial charge < -0.3 is 10.1 Å². The van der Waals surface area contributed by atoms with Crippen molar-refractivity contribution >= 4 is 33.5 Å². The Kier molecular flexibility index (Phi) is 7.90. The number of nitrogens with one attached hydrogen (secondary N) is 1. The van der Waals surface area contributed by atoms with E-state index in [2.05, 4.69) is 11.2 Å². The van der Waals surface area contributed by atoms with E-state index in [1.54, 1.807) is 13.8 Å². The van der Waals surface area contributed by atoms with Crippen LogP contribution in [0.5, 0.6) is 0 Å². The quantitative estimate of drug-likeness (QED) is 0.536. The molecule has 0 aromatic heterocycles. The van der Waals surface area contributed by atoms with Gasteiger partial charge in [-0.3, -0.25) is 4.79 Å². The number of benzene rings is 1. The molecule has 1 aromatic rings. The van der Waals surface area contributed by atoms with Gasteiger partial charge in [0.25, 0.3) is 5.91 Å². The number of carbonyl (C=O) groups is 2. The first-order valence-corrected chi connectivity index (χ1v) is 9.26. The molecular formula is C16H19ClN2O5S. The molecule has 136 valence electrons. The van der Waals surface area contributed by atoms with E-state index in [1.807, 2.05) is 0 Å². The largest absolute Gasteiger partial charge is 0.452 e. The first kappa shape index (κ1) is 21.0. The molecule has 0 aliphatic rings. The first-order valence-electron chi connectivity index (χ1n) is 7.44. The Morgan fingerprint density at radius 1 is 1.32 bits per heavy atom. The van der Waals surface area contributed by atoms with Crippen LogP contribution in [-0.2, 0) is 19.6 Å². The van der Waals surface area contributed by atoms with E-state index in [1.165, 1.54) is 16.4 Å². The van der Waals surface area contributed by atoms with Gasteiger partial charge >= 0.3 is 5.97 Å². The minimum Gasteiger partial charge on any atom is -0.452 e. The van der Waals surface area contributed by atoms with E-state index in [4.69, 9.17) is 22.8 Å². The van der Waals surface area contributed by atoms with Gasteiger partial charge in [-0.2, -0.15) is 4.31 Å². The van der Waals surface area contributed by atoms with Gasteiger partial charge in [0, 0.05) is 13.1 Å². The summed E-state index contributed by atoms with van der Waals surface area (Å²) >= 11 is 5.95. The smallest absolute Gasteiger partial charge is 0.340 e. The van der Waals surface area contributed by atoms with Gasteiger partial charge in [0.1, 0.15) is 0 Å². The SMILES string of the molecule is C#CCNC(=O)COC(=O)c1cc(S(=O)(=O)N(CC)CC)ccc1Cl. The van der Waals surface area contributed by atoms with Gasteiger partial charge in [-0.15, -0.1) is 6.42 Å². The van der Waals surface area contributed by atoms with E-state index in [0.717, 1.165) is 6.07 Å². The lowest BCUT2D eigenvalue weighted by molar-refractivity contribution is -0.123. The summed E-state index contributed by atoms with van der Waals surface area (Å²) in [5.41, 5.74) is -0.139. The van der Waals surface area contributed by atoms with Crippen molar-refractivity contribution in [3.05, 3.63) is 28.8 Å². The number of amides is 1. The second kappa shape index (κ2) is 9.42. The monoisotopic (exact) mass is 386 g/mol. The number of hydrogen-bond acceptors (Lipinski definition) is 5. The summed E-state index contributed by atoms with van der Waals surface area (Å²) in [6.07, 6.45) is 5.00. The molecule has 0 spiro atoms. The third kappa shape index (κ3) is 5.46. The van der Waals surface area contributed by atoms with Crippen LogP contribution in [0.15, 0.2) is 23.1 Å². The van der Waals surface area contributed by atoms with Crippen molar-refractivity contribution in [2.75, 3.05) is 26.2 Å². The summed E-state index contributed by atoms with van der Waals surface area (Å²) in [6.45, 7) is 3.45. The minimum absolute atomic E-state index is 0.00867. The Balaban J connectivity index is 3.00. The van der Waals surface area contributed by atoms with Crippen molar-refractivity contribution in [3.63, 3.8) is 0 Å². The first-order chi connectivity index (χ1) is 11.8. The molecule has 0 radical (unpaired) electrons. The molecule has 0 heterocycles. The van der Waals surface area contributed by atoms with Crippen molar-refractivity contribution in [2.24, 2.45) is 0 Å². The molecule has 1 amide bonds. The lowest BCUT2D eigenvalue weighted by atomic mass is 10.2. The summed E-state index contributed by atoms with van der Waals surface area (Å²) < 4.78 is 31.1. The van der Waals surface area contributed by atoms with Gasteiger partial charge in [0.15, 0.2) is 6.61 Å². The highest BCUT2D eigenvalue weighted by molar-refractivity contribution is 7.89. The molecule has 0 aliphatic heterocycles. The summed E-state index contributed by atoms with van der Waals surface area (Å²) in [6, 6.07) is 3.75. The topological polar surface area (TPSA) is 92.8 Å². The number of terminal acetylenes is 1. The summed E-state index contributed by atoms with van der Waals surface area (Å²) in [5.74, 6) is 0.728. The lowest BCUT2D eigenvalue weighted by Gasteiger charge is -2.19. The second-order valence-electron chi connectivity index (χ2n) is 4.79. The average Bonchev–Trinajstić information content (AvgIpc) is 2.58. The number of carbonyl (C=O) groups excluding carboxylic acids is 2. The van der Waals surface area contributed by atoms with Crippen LogP contribution >= 0.6 is 11.6 Å². The highest BCUT2D eigenvalue weighted by atomic mass is 35.5. The Hall–Kier alpha value is -2.08. The van der Waals surface area contributed by atoms with Crippen molar-refractivity contribution in [2.45, 2.75) is 18.7 Å². The molecule has 25 heavy (non-hydrogen) atoms. The minimum atomic E-state index is -3.75. The molecule has 0 atom stereocenters. The fraction of sp³-hybridized carbons (Fsp3) is 0.375. The van der Waals surface area contributed by atoms with Gasteiger partial charge in [-0.25, -0.2) is 13.2 Å². The van der Waals surface area contributed by atoms with Gasteiger partial charge in [-0.1, -0.05) is 31.4 Å². The number of halogens is 1. The molecule has 0 saturated carbocycles. The van der Waals surface area contributed by atoms with Gasteiger partial charge in [0.05, 0.1) is 22.0 Å². The lowest BCUT2D eigenvalue weighted by Crippen LogP contribution is -2.31. The molecule has 0 unspecified atom stereocenters. The number of sulfonamides is 1.